The molecule has 0 aliphatic heterocycles. The van der Waals surface area contributed by atoms with Crippen LogP contribution in [0.5, 0.6) is 11.5 Å². The zero-order valence-electron chi connectivity index (χ0n) is 16.1. The van der Waals surface area contributed by atoms with Crippen molar-refractivity contribution in [1.29, 1.82) is 0 Å². The standard InChI is InChI=1S/C20H22F3NO3S/c1-5-26-17-8-6-7-16(24-19(28)25-4)14(17)11-27-18-10-13(3)12(2)9-15(18)20(21,22)23/h6-10H,5,11H2,1-4H3,(H,24,28). The average Bonchev–Trinajstić information content (AvgIpc) is 2.62. The summed E-state index contributed by atoms with van der Waals surface area (Å²) in [6, 6.07) is 7.67. The summed E-state index contributed by atoms with van der Waals surface area (Å²) in [5.74, 6) is 0.256. The molecule has 0 unspecified atom stereocenters. The van der Waals surface area contributed by atoms with Gasteiger partial charge >= 0.3 is 6.18 Å². The molecule has 8 heteroatoms. The number of alkyl halides is 3. The first-order valence-electron chi connectivity index (χ1n) is 8.58. The Labute approximate surface area is 167 Å². The average molecular weight is 413 g/mol. The van der Waals surface area contributed by atoms with Crippen LogP contribution in [0.15, 0.2) is 30.3 Å². The molecule has 1 N–H and O–H groups in total. The van der Waals surface area contributed by atoms with Gasteiger partial charge in [0.25, 0.3) is 5.17 Å². The smallest absolute Gasteiger partial charge is 0.419 e. The zero-order valence-corrected chi connectivity index (χ0v) is 16.9. The number of methoxy groups -OCH3 is 1. The predicted octanol–water partition coefficient (Wildman–Crippen LogP) is 5.64. The largest absolute Gasteiger partial charge is 0.493 e. The van der Waals surface area contributed by atoms with Gasteiger partial charge in [-0.3, -0.25) is 0 Å². The molecular weight excluding hydrogens is 391 g/mol. The number of thiocarbonyl (C=S) groups is 1. The second-order valence-electron chi connectivity index (χ2n) is 6.05. The van der Waals surface area contributed by atoms with Crippen LogP contribution in [0.4, 0.5) is 18.9 Å². The third-order valence-electron chi connectivity index (χ3n) is 4.13. The van der Waals surface area contributed by atoms with Crippen LogP contribution in [-0.2, 0) is 17.5 Å². The third-order valence-corrected chi connectivity index (χ3v) is 4.40. The number of hydrogen-bond donors (Lipinski definition) is 1. The minimum absolute atomic E-state index is 0.122. The number of nitrogens with one attached hydrogen (secondary N) is 1. The van der Waals surface area contributed by atoms with Crippen molar-refractivity contribution in [3.8, 4) is 11.5 Å². The summed E-state index contributed by atoms with van der Waals surface area (Å²) in [6.07, 6.45) is -4.52. The van der Waals surface area contributed by atoms with E-state index in [0.29, 0.717) is 34.7 Å². The highest BCUT2D eigenvalue weighted by Crippen LogP contribution is 2.39. The quantitative estimate of drug-likeness (QED) is 0.621. The molecule has 0 amide bonds. The molecule has 0 aromatic heterocycles. The molecule has 2 rings (SSSR count). The first kappa shape index (κ1) is 21.8. The predicted molar refractivity (Wildman–Crippen MR) is 106 cm³/mol. The summed E-state index contributed by atoms with van der Waals surface area (Å²) in [6.45, 7) is 5.43. The van der Waals surface area contributed by atoms with E-state index >= 15 is 0 Å². The lowest BCUT2D eigenvalue weighted by atomic mass is 10.0. The second-order valence-corrected chi connectivity index (χ2v) is 6.42. The Morgan fingerprint density at radius 2 is 1.75 bits per heavy atom. The first-order chi connectivity index (χ1) is 13.2. The van der Waals surface area contributed by atoms with Gasteiger partial charge in [-0.2, -0.15) is 13.2 Å². The maximum atomic E-state index is 13.4. The van der Waals surface area contributed by atoms with E-state index in [1.54, 1.807) is 32.0 Å². The Morgan fingerprint density at radius 1 is 1.07 bits per heavy atom. The zero-order chi connectivity index (χ0) is 20.9. The molecule has 0 radical (unpaired) electrons. The van der Waals surface area contributed by atoms with Crippen molar-refractivity contribution < 1.29 is 27.4 Å². The fraction of sp³-hybridized carbons (Fsp3) is 0.350. The van der Waals surface area contributed by atoms with Gasteiger partial charge in [0.2, 0.25) is 0 Å². The lowest BCUT2D eigenvalue weighted by molar-refractivity contribution is -0.139. The Hall–Kier alpha value is -2.48. The van der Waals surface area contributed by atoms with Gasteiger partial charge in [0.1, 0.15) is 18.1 Å². The highest BCUT2D eigenvalue weighted by atomic mass is 32.1. The fourth-order valence-corrected chi connectivity index (χ4v) is 2.67. The number of anilines is 1. The van der Waals surface area contributed by atoms with Gasteiger partial charge in [-0.05, 0) is 68.4 Å². The SMILES string of the molecule is CCOc1cccc(NC(=S)OC)c1COc1cc(C)c(C)cc1C(F)(F)F. The topological polar surface area (TPSA) is 39.7 Å². The number of rotatable bonds is 6. The van der Waals surface area contributed by atoms with Crippen molar-refractivity contribution in [2.75, 3.05) is 19.0 Å². The lowest BCUT2D eigenvalue weighted by Gasteiger charge is -2.19. The van der Waals surface area contributed by atoms with E-state index in [9.17, 15) is 13.2 Å². The van der Waals surface area contributed by atoms with Crippen LogP contribution in [0.2, 0.25) is 0 Å². The highest BCUT2D eigenvalue weighted by Gasteiger charge is 2.35. The Morgan fingerprint density at radius 3 is 2.36 bits per heavy atom. The summed E-state index contributed by atoms with van der Waals surface area (Å²) >= 11 is 5.02. The fourth-order valence-electron chi connectivity index (χ4n) is 2.56. The number of halogens is 3. The van der Waals surface area contributed by atoms with Gasteiger partial charge in [-0.15, -0.1) is 0 Å². The molecule has 2 aromatic carbocycles. The van der Waals surface area contributed by atoms with E-state index < -0.39 is 11.7 Å². The molecule has 0 aliphatic rings. The number of aryl methyl sites for hydroxylation is 2. The maximum absolute atomic E-state index is 13.4. The van der Waals surface area contributed by atoms with Crippen LogP contribution in [0.3, 0.4) is 0 Å². The minimum atomic E-state index is -4.52. The van der Waals surface area contributed by atoms with Crippen LogP contribution in [0, 0.1) is 13.8 Å². The molecule has 0 heterocycles. The Kier molecular flexibility index (Phi) is 7.12. The summed E-state index contributed by atoms with van der Waals surface area (Å²) in [7, 11) is 1.42. The molecule has 0 spiro atoms. The van der Waals surface area contributed by atoms with Crippen LogP contribution in [-0.4, -0.2) is 18.9 Å². The van der Waals surface area contributed by atoms with Crippen molar-refractivity contribution >= 4 is 23.1 Å². The molecule has 2 aromatic rings. The van der Waals surface area contributed by atoms with E-state index in [1.807, 2.05) is 6.92 Å². The molecule has 0 saturated carbocycles. The van der Waals surface area contributed by atoms with Crippen LogP contribution < -0.4 is 14.8 Å². The first-order valence-corrected chi connectivity index (χ1v) is 8.99. The van der Waals surface area contributed by atoms with E-state index in [1.165, 1.54) is 13.2 Å². The third kappa shape index (κ3) is 5.28. The van der Waals surface area contributed by atoms with Crippen LogP contribution in [0.1, 0.15) is 29.2 Å². The van der Waals surface area contributed by atoms with Gasteiger partial charge < -0.3 is 19.5 Å². The van der Waals surface area contributed by atoms with E-state index in [-0.39, 0.29) is 17.5 Å². The molecular formula is C20H22F3NO3S. The van der Waals surface area contributed by atoms with Gasteiger partial charge in [-0.1, -0.05) is 6.07 Å². The molecule has 0 aliphatic carbocycles. The summed E-state index contributed by atoms with van der Waals surface area (Å²) in [4.78, 5) is 0. The summed E-state index contributed by atoms with van der Waals surface area (Å²) in [5.41, 5.74) is 1.51. The molecule has 152 valence electrons. The minimum Gasteiger partial charge on any atom is -0.493 e. The van der Waals surface area contributed by atoms with Crippen molar-refractivity contribution in [2.24, 2.45) is 0 Å². The maximum Gasteiger partial charge on any atom is 0.419 e. The molecule has 28 heavy (non-hydrogen) atoms. The Balaban J connectivity index is 2.41. The molecule has 0 bridgehead atoms. The summed E-state index contributed by atoms with van der Waals surface area (Å²) in [5, 5.41) is 3.01. The number of benzene rings is 2. The van der Waals surface area contributed by atoms with Crippen LogP contribution in [0.25, 0.3) is 0 Å². The highest BCUT2D eigenvalue weighted by molar-refractivity contribution is 7.80. The van der Waals surface area contributed by atoms with Gasteiger partial charge in [-0.25, -0.2) is 0 Å². The summed E-state index contributed by atoms with van der Waals surface area (Å²) < 4.78 is 56.5. The lowest BCUT2D eigenvalue weighted by Crippen LogP contribution is -2.15. The van der Waals surface area contributed by atoms with Crippen molar-refractivity contribution in [3.63, 3.8) is 0 Å². The normalized spacial score (nSPS) is 11.1. The van der Waals surface area contributed by atoms with Crippen LogP contribution >= 0.6 is 12.2 Å². The number of ether oxygens (including phenoxy) is 3. The van der Waals surface area contributed by atoms with E-state index in [2.05, 4.69) is 5.32 Å². The van der Waals surface area contributed by atoms with E-state index in [0.717, 1.165) is 6.07 Å². The van der Waals surface area contributed by atoms with Gasteiger partial charge in [0.05, 0.1) is 30.5 Å². The number of hydrogen-bond acceptors (Lipinski definition) is 4. The molecule has 0 fully saturated rings. The van der Waals surface area contributed by atoms with Crippen molar-refractivity contribution in [2.45, 2.75) is 33.6 Å². The molecule has 0 saturated heterocycles. The van der Waals surface area contributed by atoms with E-state index in [4.69, 9.17) is 26.4 Å². The Bertz CT molecular complexity index is 853. The molecule has 4 nitrogen and oxygen atoms in total. The van der Waals surface area contributed by atoms with Gasteiger partial charge in [0.15, 0.2) is 0 Å². The van der Waals surface area contributed by atoms with Crippen molar-refractivity contribution in [3.05, 3.63) is 52.6 Å². The monoisotopic (exact) mass is 413 g/mol. The van der Waals surface area contributed by atoms with Crippen molar-refractivity contribution in [1.82, 2.24) is 0 Å². The second kappa shape index (κ2) is 9.14. The molecule has 0 atom stereocenters. The van der Waals surface area contributed by atoms with Gasteiger partial charge in [0, 0.05) is 0 Å².